The number of amides is 1. The van der Waals surface area contributed by atoms with Crippen LogP contribution in [0.25, 0.3) is 0 Å². The molecule has 4 N–H and O–H groups in total. The molecule has 244 valence electrons. The number of hydrogen-bond acceptors (Lipinski definition) is 12. The molecule has 1 amide bonds. The summed E-state index contributed by atoms with van der Waals surface area (Å²) in [5.74, 6) is -2.57. The molecule has 20 heteroatoms. The van der Waals surface area contributed by atoms with Crippen LogP contribution in [0.4, 0.5) is 9.59 Å². The Morgan fingerprint density at radius 3 is 1.55 bits per heavy atom. The Labute approximate surface area is 271 Å². The summed E-state index contributed by atoms with van der Waals surface area (Å²) in [6, 6.07) is -1.73. The quantitative estimate of drug-likeness (QED) is 0.136. The van der Waals surface area contributed by atoms with Gasteiger partial charge in [0, 0.05) is 12.8 Å². The maximum Gasteiger partial charge on any atom is 0.515 e. The highest BCUT2D eigenvalue weighted by Gasteiger charge is 2.33. The van der Waals surface area contributed by atoms with Crippen LogP contribution in [-0.4, -0.2) is 72.5 Å². The zero-order valence-corrected chi connectivity index (χ0v) is 27.8. The van der Waals surface area contributed by atoms with Gasteiger partial charge in [0.1, 0.15) is 23.3 Å². The van der Waals surface area contributed by atoms with Crippen LogP contribution in [-0.2, 0) is 42.9 Å². The van der Waals surface area contributed by atoms with Crippen LogP contribution in [0.3, 0.4) is 0 Å². The number of carbonyl (C=O) groups excluding carboxylic acids is 5. The van der Waals surface area contributed by atoms with Crippen molar-refractivity contribution in [2.24, 2.45) is 5.73 Å². The first-order valence-electron chi connectivity index (χ1n) is 11.6. The summed E-state index contributed by atoms with van der Waals surface area (Å²) >= 11 is 30.2. The number of alkyl halides is 6. The van der Waals surface area contributed by atoms with Crippen LogP contribution in [0.15, 0.2) is 0 Å². The Balaban J connectivity index is 0. The van der Waals surface area contributed by atoms with Crippen molar-refractivity contribution < 1.29 is 57.6 Å². The van der Waals surface area contributed by atoms with Crippen molar-refractivity contribution in [1.29, 1.82) is 0 Å². The summed E-state index contributed by atoms with van der Waals surface area (Å²) < 4.78 is 17.8. The SMILES string of the molecule is CC(C)(C)OC(=O)CC[C@@H](N)C(=O)O.CC(C)(C)OC(=O)CC[C@H]1NC(=O)OC1=O.O=C(OC(Cl)(Cl)Cl)OC(Cl)(Cl)Cl. The van der Waals surface area contributed by atoms with E-state index >= 15 is 0 Å². The van der Waals surface area contributed by atoms with E-state index in [1.54, 1.807) is 41.5 Å². The molecule has 14 nitrogen and oxygen atoms in total. The lowest BCUT2D eigenvalue weighted by atomic mass is 10.1. The van der Waals surface area contributed by atoms with E-state index in [9.17, 15) is 28.8 Å². The van der Waals surface area contributed by atoms with E-state index in [2.05, 4.69) is 19.5 Å². The minimum Gasteiger partial charge on any atom is -0.480 e. The van der Waals surface area contributed by atoms with Crippen LogP contribution < -0.4 is 11.1 Å². The summed E-state index contributed by atoms with van der Waals surface area (Å²) in [7, 11) is 0. The zero-order chi connectivity index (χ0) is 33.7. The fourth-order valence-electron chi connectivity index (χ4n) is 2.24. The van der Waals surface area contributed by atoms with Crippen LogP contribution in [0, 0.1) is 0 Å². The second kappa shape index (κ2) is 18.2. The third-order valence-corrected chi connectivity index (χ3v) is 4.08. The molecule has 2 atom stereocenters. The molecule has 1 saturated heterocycles. The summed E-state index contributed by atoms with van der Waals surface area (Å²) in [4.78, 5) is 65.0. The van der Waals surface area contributed by atoms with Crippen molar-refractivity contribution in [2.45, 2.75) is 98.5 Å². The van der Waals surface area contributed by atoms with E-state index in [1.807, 2.05) is 0 Å². The van der Waals surface area contributed by atoms with Gasteiger partial charge < -0.3 is 39.8 Å². The number of alkyl carbamates (subject to hydrolysis) is 1. The molecule has 0 aromatic carbocycles. The average Bonchev–Trinajstić information content (AvgIpc) is 3.03. The van der Waals surface area contributed by atoms with E-state index in [0.717, 1.165) is 0 Å². The van der Waals surface area contributed by atoms with Crippen molar-refractivity contribution in [3.05, 3.63) is 0 Å². The predicted molar refractivity (Wildman–Crippen MR) is 152 cm³/mol. The normalized spacial score (nSPS) is 15.8. The monoisotopic (exact) mass is 726 g/mol. The molecule has 1 aliphatic rings. The van der Waals surface area contributed by atoms with Gasteiger partial charge in [0.05, 0.1) is 0 Å². The number of nitrogens with two attached hydrogens (primary N) is 1. The highest BCUT2D eigenvalue weighted by Crippen LogP contribution is 2.32. The maximum atomic E-state index is 11.3. The Kier molecular flexibility index (Phi) is 18.4. The summed E-state index contributed by atoms with van der Waals surface area (Å²) in [5, 5.41) is 10.8. The fraction of sp³-hybridized carbons (Fsp3) is 0.727. The highest BCUT2D eigenvalue weighted by molar-refractivity contribution is 6.67. The number of carboxylic acid groups (broad SMARTS) is 1. The zero-order valence-electron chi connectivity index (χ0n) is 23.3. The molecule has 42 heavy (non-hydrogen) atoms. The fourth-order valence-corrected chi connectivity index (χ4v) is 2.62. The molecule has 0 aromatic heterocycles. The Morgan fingerprint density at radius 1 is 0.833 bits per heavy atom. The molecule has 1 rings (SSSR count). The topological polar surface area (TPSA) is 207 Å². The number of carbonyl (C=O) groups is 6. The number of aliphatic carboxylic acids is 1. The number of ether oxygens (including phenoxy) is 5. The minimum absolute atomic E-state index is 0.0325. The molecule has 0 unspecified atom stereocenters. The Bertz CT molecular complexity index is 937. The van der Waals surface area contributed by atoms with Gasteiger partial charge in [-0.05, 0) is 124 Å². The van der Waals surface area contributed by atoms with E-state index in [0.29, 0.717) is 0 Å². The molecule has 0 saturated carbocycles. The van der Waals surface area contributed by atoms with Crippen molar-refractivity contribution in [3.8, 4) is 0 Å². The van der Waals surface area contributed by atoms with Crippen LogP contribution in [0.1, 0.15) is 67.2 Å². The molecule has 1 aliphatic heterocycles. The second-order valence-corrected chi connectivity index (χ2v) is 14.3. The number of cyclic esters (lactones) is 2. The first-order valence-corrected chi connectivity index (χ1v) is 13.9. The molecule has 1 fully saturated rings. The smallest absolute Gasteiger partial charge is 0.480 e. The first kappa shape index (κ1) is 42.5. The summed E-state index contributed by atoms with van der Waals surface area (Å²) in [6.45, 7) is 10.5. The minimum atomic E-state index is -2.24. The number of hydrogen-bond donors (Lipinski definition) is 3. The lowest BCUT2D eigenvalue weighted by molar-refractivity contribution is -0.156. The average molecular weight is 729 g/mol. The number of carboxylic acids is 1. The van der Waals surface area contributed by atoms with E-state index in [1.165, 1.54) is 0 Å². The second-order valence-electron chi connectivity index (χ2n) is 9.95. The third-order valence-electron chi connectivity index (χ3n) is 3.62. The van der Waals surface area contributed by atoms with Gasteiger partial charge in [0.2, 0.25) is 0 Å². The molecule has 0 aliphatic carbocycles. The molecule has 0 aromatic rings. The van der Waals surface area contributed by atoms with Gasteiger partial charge in [-0.25, -0.2) is 14.4 Å². The van der Waals surface area contributed by atoms with Crippen LogP contribution in [0.2, 0.25) is 0 Å². The van der Waals surface area contributed by atoms with Crippen molar-refractivity contribution in [2.75, 3.05) is 0 Å². The van der Waals surface area contributed by atoms with E-state index < -0.39 is 67.4 Å². The lowest BCUT2D eigenvalue weighted by Gasteiger charge is -2.19. The van der Waals surface area contributed by atoms with Gasteiger partial charge in [0.15, 0.2) is 0 Å². The molecule has 0 spiro atoms. The third kappa shape index (κ3) is 27.2. The number of rotatable bonds is 7. The van der Waals surface area contributed by atoms with Gasteiger partial charge >= 0.3 is 44.1 Å². The van der Waals surface area contributed by atoms with Crippen molar-refractivity contribution >= 4 is 106 Å². The number of esters is 3. The van der Waals surface area contributed by atoms with E-state index in [4.69, 9.17) is 89.9 Å². The summed E-state index contributed by atoms with van der Waals surface area (Å²) in [5.41, 5.74) is 4.14. The summed E-state index contributed by atoms with van der Waals surface area (Å²) in [6.07, 6.45) is -1.78. The first-order chi connectivity index (χ1) is 18.6. The molecule has 0 radical (unpaired) electrons. The molecule has 1 heterocycles. The van der Waals surface area contributed by atoms with Gasteiger partial charge in [-0.3, -0.25) is 14.4 Å². The molecule has 0 bridgehead atoms. The van der Waals surface area contributed by atoms with Gasteiger partial charge in [-0.15, -0.1) is 0 Å². The van der Waals surface area contributed by atoms with E-state index in [-0.39, 0.29) is 25.7 Å². The lowest BCUT2D eigenvalue weighted by Crippen LogP contribution is -2.31. The standard InChI is InChI=1S/C10H15NO5.C9H17NO4.C3Cl6O3/c1-10(2,3)16-7(12)5-4-6-8(13)15-9(14)11-6;1-9(2,3)14-7(11)5-4-6(10)8(12)13;4-2(5,6)11-1(10)12-3(7,8)9/h6H,4-5H2,1-3H3,(H,11,14);6H,4-5,10H2,1-3H3,(H,12,13);/t2*6-;/m11./s1. The van der Waals surface area contributed by atoms with Gasteiger partial charge in [-0.1, -0.05) is 0 Å². The highest BCUT2D eigenvalue weighted by atomic mass is 35.6. The molecular weight excluding hydrogens is 697 g/mol. The number of halogens is 6. The predicted octanol–water partition coefficient (Wildman–Crippen LogP) is 5.06. The van der Waals surface area contributed by atoms with Crippen molar-refractivity contribution in [3.63, 3.8) is 0 Å². The largest absolute Gasteiger partial charge is 0.515 e. The Morgan fingerprint density at radius 2 is 1.24 bits per heavy atom. The van der Waals surface area contributed by atoms with Gasteiger partial charge in [0.25, 0.3) is 0 Å². The van der Waals surface area contributed by atoms with Crippen LogP contribution >= 0.6 is 69.6 Å². The van der Waals surface area contributed by atoms with Gasteiger partial charge in [-0.2, -0.15) is 0 Å². The number of nitrogens with one attached hydrogen (secondary N) is 1. The van der Waals surface area contributed by atoms with Crippen molar-refractivity contribution in [1.82, 2.24) is 5.32 Å². The maximum absolute atomic E-state index is 11.3. The van der Waals surface area contributed by atoms with Crippen LogP contribution in [0.5, 0.6) is 0 Å². The Hall–Kier alpha value is -1.68. The molecular formula is C22H32Cl6N2O12.